The number of sulfonamides is 1. The number of rotatable bonds is 10. The second kappa shape index (κ2) is 10.6. The summed E-state index contributed by atoms with van der Waals surface area (Å²) in [7, 11) is -3.60. The molecule has 3 aromatic carbocycles. The lowest BCUT2D eigenvalue weighted by Gasteiger charge is -2.19. The molecule has 0 aliphatic heterocycles. The molecule has 1 saturated carbocycles. The maximum absolute atomic E-state index is 12.6. The molecule has 1 atom stereocenters. The van der Waals surface area contributed by atoms with Crippen molar-refractivity contribution in [3.8, 4) is 0 Å². The third-order valence-electron chi connectivity index (χ3n) is 5.45. The van der Waals surface area contributed by atoms with Crippen LogP contribution in [-0.4, -0.2) is 32.9 Å². The number of hydrogen-bond acceptors (Lipinski definition) is 5. The molecule has 0 spiro atoms. The molecule has 1 amide bonds. The van der Waals surface area contributed by atoms with Crippen molar-refractivity contribution in [3.05, 3.63) is 102 Å². The van der Waals surface area contributed by atoms with E-state index in [1.165, 1.54) is 24.3 Å². The first-order valence-corrected chi connectivity index (χ1v) is 12.6. The van der Waals surface area contributed by atoms with E-state index < -0.39 is 28.5 Å². The van der Waals surface area contributed by atoms with Gasteiger partial charge in [0, 0.05) is 6.04 Å². The first-order valence-electron chi connectivity index (χ1n) is 11.1. The Balaban J connectivity index is 1.34. The number of carbonyl (C=O) groups is 2. The van der Waals surface area contributed by atoms with Crippen LogP contribution in [0.5, 0.6) is 0 Å². The van der Waals surface area contributed by atoms with Crippen molar-refractivity contribution in [1.82, 2.24) is 10.0 Å². The van der Waals surface area contributed by atoms with Gasteiger partial charge in [-0.3, -0.25) is 4.79 Å². The molecule has 7 nitrogen and oxygen atoms in total. The molecule has 1 aliphatic carbocycles. The van der Waals surface area contributed by atoms with Gasteiger partial charge in [0.2, 0.25) is 10.0 Å². The highest BCUT2D eigenvalue weighted by Crippen LogP contribution is 2.22. The van der Waals surface area contributed by atoms with Crippen molar-refractivity contribution >= 4 is 21.9 Å². The molecule has 8 heteroatoms. The number of amides is 1. The summed E-state index contributed by atoms with van der Waals surface area (Å²) in [6.07, 6.45) is 2.26. The van der Waals surface area contributed by atoms with Crippen LogP contribution in [0, 0.1) is 0 Å². The fourth-order valence-corrected chi connectivity index (χ4v) is 4.80. The Labute approximate surface area is 199 Å². The molecule has 3 aromatic rings. The molecule has 1 fully saturated rings. The second-order valence-corrected chi connectivity index (χ2v) is 9.93. The van der Waals surface area contributed by atoms with Crippen molar-refractivity contribution in [3.63, 3.8) is 0 Å². The van der Waals surface area contributed by atoms with Crippen molar-refractivity contribution < 1.29 is 22.7 Å². The molecule has 4 rings (SSSR count). The molecule has 0 radical (unpaired) electrons. The van der Waals surface area contributed by atoms with Crippen LogP contribution in [-0.2, 0) is 26.0 Å². The van der Waals surface area contributed by atoms with Crippen molar-refractivity contribution in [2.45, 2.75) is 36.2 Å². The zero-order valence-electron chi connectivity index (χ0n) is 18.5. The fraction of sp³-hybridized carbons (Fsp3) is 0.231. The number of benzene rings is 3. The summed E-state index contributed by atoms with van der Waals surface area (Å²) in [4.78, 5) is 25.0. The highest BCUT2D eigenvalue weighted by Gasteiger charge is 2.28. The lowest BCUT2D eigenvalue weighted by atomic mass is 9.99. The Kier molecular flexibility index (Phi) is 7.40. The van der Waals surface area contributed by atoms with Crippen LogP contribution in [0.4, 0.5) is 0 Å². The number of nitrogens with one attached hydrogen (secondary N) is 2. The molecule has 2 N–H and O–H groups in total. The summed E-state index contributed by atoms with van der Waals surface area (Å²) in [5, 5.41) is 2.94. The fourth-order valence-electron chi connectivity index (χ4n) is 3.50. The van der Waals surface area contributed by atoms with Crippen LogP contribution in [0.25, 0.3) is 0 Å². The Hall–Kier alpha value is -3.49. The van der Waals surface area contributed by atoms with Gasteiger partial charge in [0.25, 0.3) is 5.91 Å². The normalized spacial score (nSPS) is 14.2. The highest BCUT2D eigenvalue weighted by molar-refractivity contribution is 7.89. The zero-order valence-corrected chi connectivity index (χ0v) is 19.3. The van der Waals surface area contributed by atoms with E-state index in [0.29, 0.717) is 6.42 Å². The topological polar surface area (TPSA) is 102 Å². The van der Waals surface area contributed by atoms with Crippen LogP contribution in [0.2, 0.25) is 0 Å². The van der Waals surface area contributed by atoms with Gasteiger partial charge in [-0.05, 0) is 54.7 Å². The van der Waals surface area contributed by atoms with Crippen LogP contribution >= 0.6 is 0 Å². The van der Waals surface area contributed by atoms with Gasteiger partial charge in [0.15, 0.2) is 6.61 Å². The summed E-state index contributed by atoms with van der Waals surface area (Å²) in [5.41, 5.74) is 2.18. The number of carbonyl (C=O) groups excluding carboxylic acids is 2. The standard InChI is InChI=1S/C26H26N2O5S/c29-25(27-24(20-9-5-2-6-10-20)17-19-7-3-1-4-8-19)18-33-26(30)21-11-15-23(16-12-21)34(31,32)28-22-13-14-22/h1-12,15-16,22,24,28H,13-14,17-18H2,(H,27,29). The Morgan fingerprint density at radius 3 is 2.12 bits per heavy atom. The Bertz CT molecular complexity index is 1230. The van der Waals surface area contributed by atoms with Crippen LogP contribution in [0.15, 0.2) is 89.8 Å². The van der Waals surface area contributed by atoms with Crippen molar-refractivity contribution in [1.29, 1.82) is 0 Å². The average molecular weight is 479 g/mol. The smallest absolute Gasteiger partial charge is 0.338 e. The molecule has 0 saturated heterocycles. The van der Waals surface area contributed by atoms with Gasteiger partial charge >= 0.3 is 5.97 Å². The third-order valence-corrected chi connectivity index (χ3v) is 6.99. The largest absolute Gasteiger partial charge is 0.452 e. The molecular weight excluding hydrogens is 452 g/mol. The van der Waals surface area contributed by atoms with Gasteiger partial charge in [0.05, 0.1) is 16.5 Å². The van der Waals surface area contributed by atoms with Crippen molar-refractivity contribution in [2.75, 3.05) is 6.61 Å². The molecular formula is C26H26N2O5S. The molecule has 1 aliphatic rings. The van der Waals surface area contributed by atoms with E-state index in [1.807, 2.05) is 60.7 Å². The Morgan fingerprint density at radius 2 is 1.50 bits per heavy atom. The van der Waals surface area contributed by atoms with E-state index in [0.717, 1.165) is 24.0 Å². The molecule has 176 valence electrons. The lowest BCUT2D eigenvalue weighted by Crippen LogP contribution is -2.33. The summed E-state index contributed by atoms with van der Waals surface area (Å²) >= 11 is 0. The van der Waals surface area contributed by atoms with E-state index >= 15 is 0 Å². The first kappa shape index (κ1) is 23.7. The summed E-state index contributed by atoms with van der Waals surface area (Å²) in [6.45, 7) is -0.444. The van der Waals surface area contributed by atoms with Gasteiger partial charge in [0.1, 0.15) is 0 Å². The maximum Gasteiger partial charge on any atom is 0.338 e. The zero-order chi connectivity index (χ0) is 24.0. The van der Waals surface area contributed by atoms with Crippen molar-refractivity contribution in [2.24, 2.45) is 0 Å². The molecule has 1 unspecified atom stereocenters. The monoisotopic (exact) mass is 478 g/mol. The lowest BCUT2D eigenvalue weighted by molar-refractivity contribution is -0.125. The van der Waals surface area contributed by atoms with E-state index in [-0.39, 0.29) is 22.5 Å². The summed E-state index contributed by atoms with van der Waals surface area (Å²) < 4.78 is 32.2. The van der Waals surface area contributed by atoms with Crippen LogP contribution in [0.1, 0.15) is 40.4 Å². The maximum atomic E-state index is 12.6. The highest BCUT2D eigenvalue weighted by atomic mass is 32.2. The minimum Gasteiger partial charge on any atom is -0.452 e. The predicted molar refractivity (Wildman–Crippen MR) is 128 cm³/mol. The predicted octanol–water partition coefficient (Wildman–Crippen LogP) is 3.38. The first-order chi connectivity index (χ1) is 16.4. The second-order valence-electron chi connectivity index (χ2n) is 8.22. The summed E-state index contributed by atoms with van der Waals surface area (Å²) in [6, 6.07) is 24.6. The van der Waals surface area contributed by atoms with E-state index in [1.54, 1.807) is 0 Å². The van der Waals surface area contributed by atoms with Crippen LogP contribution in [0.3, 0.4) is 0 Å². The summed E-state index contributed by atoms with van der Waals surface area (Å²) in [5.74, 6) is -1.13. The van der Waals surface area contributed by atoms with E-state index in [9.17, 15) is 18.0 Å². The third kappa shape index (κ3) is 6.52. The minimum absolute atomic E-state index is 0.00485. The minimum atomic E-state index is -3.60. The van der Waals surface area contributed by atoms with E-state index in [4.69, 9.17) is 4.74 Å². The van der Waals surface area contributed by atoms with Gasteiger partial charge in [-0.1, -0.05) is 60.7 Å². The van der Waals surface area contributed by atoms with Gasteiger partial charge in [-0.2, -0.15) is 0 Å². The van der Waals surface area contributed by atoms with Gasteiger partial charge in [-0.15, -0.1) is 0 Å². The van der Waals surface area contributed by atoms with E-state index in [2.05, 4.69) is 10.0 Å². The number of ether oxygens (including phenoxy) is 1. The average Bonchev–Trinajstić information content (AvgIpc) is 3.67. The van der Waals surface area contributed by atoms with Crippen LogP contribution < -0.4 is 10.0 Å². The SMILES string of the molecule is O=C(COC(=O)c1ccc(S(=O)(=O)NC2CC2)cc1)NC(Cc1ccccc1)c1ccccc1. The van der Waals surface area contributed by atoms with Gasteiger partial charge < -0.3 is 10.1 Å². The Morgan fingerprint density at radius 1 is 0.882 bits per heavy atom. The molecule has 34 heavy (non-hydrogen) atoms. The number of esters is 1. The van der Waals surface area contributed by atoms with Gasteiger partial charge in [-0.25, -0.2) is 17.9 Å². The molecule has 0 heterocycles. The molecule has 0 bridgehead atoms. The molecule has 0 aromatic heterocycles. The number of hydrogen-bond donors (Lipinski definition) is 2. The quantitative estimate of drug-likeness (QED) is 0.435.